The van der Waals surface area contributed by atoms with Gasteiger partial charge >= 0.3 is 5.97 Å². The Morgan fingerprint density at radius 2 is 2.16 bits per heavy atom. The molecular weight excluding hydrogens is 272 g/mol. The molecule has 7 heteroatoms. The van der Waals surface area contributed by atoms with Gasteiger partial charge in [-0.05, 0) is 25.1 Å². The van der Waals surface area contributed by atoms with Gasteiger partial charge in [-0.25, -0.2) is 0 Å². The zero-order valence-corrected chi connectivity index (χ0v) is 11.3. The molecule has 0 heterocycles. The minimum atomic E-state index is -1.01. The summed E-state index contributed by atoms with van der Waals surface area (Å²) in [6.07, 6.45) is 0. The van der Waals surface area contributed by atoms with E-state index in [9.17, 15) is 9.59 Å². The lowest BCUT2D eigenvalue weighted by atomic mass is 10.3. The van der Waals surface area contributed by atoms with Crippen LogP contribution >= 0.6 is 11.6 Å². The minimum absolute atomic E-state index is 0.100. The van der Waals surface area contributed by atoms with Crippen molar-refractivity contribution in [1.29, 1.82) is 0 Å². The molecule has 0 aliphatic carbocycles. The van der Waals surface area contributed by atoms with Gasteiger partial charge in [-0.15, -0.1) is 0 Å². The van der Waals surface area contributed by atoms with Gasteiger partial charge in [-0.3, -0.25) is 14.9 Å². The number of carbonyl (C=O) groups is 2. The summed E-state index contributed by atoms with van der Waals surface area (Å²) in [5, 5.41) is 14.2. The molecule has 1 unspecified atom stereocenters. The van der Waals surface area contributed by atoms with Crippen LogP contribution in [-0.2, 0) is 9.59 Å². The molecule has 0 fully saturated rings. The molecule has 1 aromatic carbocycles. The third kappa shape index (κ3) is 4.76. The van der Waals surface area contributed by atoms with Crippen molar-refractivity contribution in [1.82, 2.24) is 5.32 Å². The number of nitrogens with one attached hydrogen (secondary N) is 2. The van der Waals surface area contributed by atoms with Crippen molar-refractivity contribution < 1.29 is 19.4 Å². The Kier molecular flexibility index (Phi) is 5.59. The lowest BCUT2D eigenvalue weighted by molar-refractivity contribution is -0.139. The van der Waals surface area contributed by atoms with Gasteiger partial charge in [0.25, 0.3) is 0 Å². The largest absolute Gasteiger partial charge is 0.495 e. The summed E-state index contributed by atoms with van der Waals surface area (Å²) in [6.45, 7) is 1.36. The van der Waals surface area contributed by atoms with Gasteiger partial charge in [-0.2, -0.15) is 0 Å². The smallest absolute Gasteiger partial charge is 0.320 e. The fourth-order valence-electron chi connectivity index (χ4n) is 1.28. The SMILES string of the molecule is COc1ccc(NC(=O)CNC(C)C(=O)O)cc1Cl. The van der Waals surface area contributed by atoms with Crippen LogP contribution in [0.4, 0.5) is 5.69 Å². The van der Waals surface area contributed by atoms with E-state index in [1.54, 1.807) is 18.2 Å². The summed E-state index contributed by atoms with van der Waals surface area (Å²) in [5.74, 6) is -0.855. The number of carboxylic acids is 1. The van der Waals surface area contributed by atoms with Crippen LogP contribution in [0.3, 0.4) is 0 Å². The van der Waals surface area contributed by atoms with Crippen molar-refractivity contribution in [3.63, 3.8) is 0 Å². The van der Waals surface area contributed by atoms with E-state index in [0.29, 0.717) is 16.5 Å². The molecular formula is C12H15ClN2O4. The summed E-state index contributed by atoms with van der Waals surface area (Å²) in [4.78, 5) is 22.1. The number of carbonyl (C=O) groups excluding carboxylic acids is 1. The van der Waals surface area contributed by atoms with Gasteiger partial charge in [-0.1, -0.05) is 11.6 Å². The van der Waals surface area contributed by atoms with Gasteiger partial charge in [0.2, 0.25) is 5.91 Å². The van der Waals surface area contributed by atoms with Crippen LogP contribution in [0.5, 0.6) is 5.75 Å². The van der Waals surface area contributed by atoms with Crippen molar-refractivity contribution in [2.75, 3.05) is 19.0 Å². The van der Waals surface area contributed by atoms with Gasteiger partial charge in [0.15, 0.2) is 0 Å². The fourth-order valence-corrected chi connectivity index (χ4v) is 1.54. The van der Waals surface area contributed by atoms with E-state index in [4.69, 9.17) is 21.4 Å². The Morgan fingerprint density at radius 1 is 1.47 bits per heavy atom. The van der Waals surface area contributed by atoms with Gasteiger partial charge in [0.1, 0.15) is 11.8 Å². The lowest BCUT2D eigenvalue weighted by Gasteiger charge is -2.10. The number of amides is 1. The highest BCUT2D eigenvalue weighted by atomic mass is 35.5. The number of methoxy groups -OCH3 is 1. The molecule has 6 nitrogen and oxygen atoms in total. The van der Waals surface area contributed by atoms with Gasteiger partial charge in [0.05, 0.1) is 18.7 Å². The van der Waals surface area contributed by atoms with E-state index in [1.807, 2.05) is 0 Å². The van der Waals surface area contributed by atoms with E-state index in [2.05, 4.69) is 10.6 Å². The third-order valence-electron chi connectivity index (χ3n) is 2.37. The molecule has 3 N–H and O–H groups in total. The Balaban J connectivity index is 2.53. The van der Waals surface area contributed by atoms with Crippen molar-refractivity contribution in [3.05, 3.63) is 23.2 Å². The highest BCUT2D eigenvalue weighted by Gasteiger charge is 2.12. The predicted molar refractivity (Wildman–Crippen MR) is 71.7 cm³/mol. The van der Waals surface area contributed by atoms with Crippen LogP contribution in [-0.4, -0.2) is 36.7 Å². The first-order valence-corrected chi connectivity index (χ1v) is 5.91. The van der Waals surface area contributed by atoms with Crippen molar-refractivity contribution in [3.8, 4) is 5.75 Å². The molecule has 1 atom stereocenters. The average molecular weight is 287 g/mol. The van der Waals surface area contributed by atoms with E-state index in [-0.39, 0.29) is 12.5 Å². The molecule has 1 amide bonds. The van der Waals surface area contributed by atoms with Crippen LogP contribution in [0.25, 0.3) is 0 Å². The van der Waals surface area contributed by atoms with E-state index >= 15 is 0 Å². The first kappa shape index (κ1) is 15.3. The maximum Gasteiger partial charge on any atom is 0.320 e. The standard InChI is InChI=1S/C12H15ClN2O4/c1-7(12(17)18)14-6-11(16)15-8-3-4-10(19-2)9(13)5-8/h3-5,7,14H,6H2,1-2H3,(H,15,16)(H,17,18). The second kappa shape index (κ2) is 6.96. The molecule has 19 heavy (non-hydrogen) atoms. The lowest BCUT2D eigenvalue weighted by Crippen LogP contribution is -2.39. The van der Waals surface area contributed by atoms with Crippen molar-refractivity contribution in [2.45, 2.75) is 13.0 Å². The Labute approximate surface area is 115 Å². The van der Waals surface area contributed by atoms with Crippen LogP contribution < -0.4 is 15.4 Å². The maximum atomic E-state index is 11.6. The number of aliphatic carboxylic acids is 1. The van der Waals surface area contributed by atoms with Gasteiger partial charge in [0, 0.05) is 5.69 Å². The second-order valence-electron chi connectivity index (χ2n) is 3.84. The van der Waals surface area contributed by atoms with Crippen LogP contribution in [0.2, 0.25) is 5.02 Å². The highest BCUT2D eigenvalue weighted by Crippen LogP contribution is 2.26. The molecule has 0 aliphatic rings. The number of halogens is 1. The minimum Gasteiger partial charge on any atom is -0.495 e. The highest BCUT2D eigenvalue weighted by molar-refractivity contribution is 6.32. The fraction of sp³-hybridized carbons (Fsp3) is 0.333. The predicted octanol–water partition coefficient (Wildman–Crippen LogP) is 1.35. The van der Waals surface area contributed by atoms with E-state index < -0.39 is 12.0 Å². The average Bonchev–Trinajstić information content (AvgIpc) is 2.36. The number of ether oxygens (including phenoxy) is 1. The molecule has 0 aliphatic heterocycles. The number of benzene rings is 1. The molecule has 0 aromatic heterocycles. The van der Waals surface area contributed by atoms with E-state index in [1.165, 1.54) is 14.0 Å². The Morgan fingerprint density at radius 3 is 2.68 bits per heavy atom. The molecule has 0 saturated heterocycles. The molecule has 0 bridgehead atoms. The van der Waals surface area contributed by atoms with Gasteiger partial charge < -0.3 is 15.2 Å². The maximum absolute atomic E-state index is 11.6. The number of carboxylic acid groups (broad SMARTS) is 1. The van der Waals surface area contributed by atoms with E-state index in [0.717, 1.165) is 0 Å². The Hall–Kier alpha value is -1.79. The number of hydrogen-bond donors (Lipinski definition) is 3. The van der Waals surface area contributed by atoms with Crippen molar-refractivity contribution in [2.24, 2.45) is 0 Å². The topological polar surface area (TPSA) is 87.7 Å². The molecule has 0 radical (unpaired) electrons. The second-order valence-corrected chi connectivity index (χ2v) is 4.25. The number of anilines is 1. The summed E-state index contributed by atoms with van der Waals surface area (Å²) in [7, 11) is 1.50. The third-order valence-corrected chi connectivity index (χ3v) is 2.67. The quantitative estimate of drug-likeness (QED) is 0.735. The van der Waals surface area contributed by atoms with Crippen LogP contribution in [0.15, 0.2) is 18.2 Å². The summed E-state index contributed by atoms with van der Waals surface area (Å²) >= 11 is 5.91. The zero-order valence-electron chi connectivity index (χ0n) is 10.6. The molecule has 0 spiro atoms. The monoisotopic (exact) mass is 286 g/mol. The van der Waals surface area contributed by atoms with Crippen molar-refractivity contribution >= 4 is 29.2 Å². The first-order valence-electron chi connectivity index (χ1n) is 5.53. The molecule has 1 aromatic rings. The molecule has 0 saturated carbocycles. The number of rotatable bonds is 6. The normalized spacial score (nSPS) is 11.7. The Bertz CT molecular complexity index is 479. The molecule has 104 valence electrons. The first-order chi connectivity index (χ1) is 8.93. The zero-order chi connectivity index (χ0) is 14.4. The number of hydrogen-bond acceptors (Lipinski definition) is 4. The summed E-state index contributed by atoms with van der Waals surface area (Å²) in [6, 6.07) is 4.04. The molecule has 1 rings (SSSR count). The summed E-state index contributed by atoms with van der Waals surface area (Å²) in [5.41, 5.74) is 0.514. The van der Waals surface area contributed by atoms with Crippen LogP contribution in [0, 0.1) is 0 Å². The summed E-state index contributed by atoms with van der Waals surface area (Å²) < 4.78 is 4.99. The van der Waals surface area contributed by atoms with Crippen LogP contribution in [0.1, 0.15) is 6.92 Å².